The van der Waals surface area contributed by atoms with E-state index in [2.05, 4.69) is 39.4 Å². The summed E-state index contributed by atoms with van der Waals surface area (Å²) in [6.45, 7) is 4.18. The standard InChI is InChI=1S/C14H19N5/c1-10-4-7-19-13(8-10)16-14(17-19)18-6-5-11-2-3-12(9-18)15-11/h4,7-8,11-12,15H,2-3,5-6,9H2,1H3. The van der Waals surface area contributed by atoms with E-state index >= 15 is 0 Å². The number of hydrogen-bond acceptors (Lipinski definition) is 4. The van der Waals surface area contributed by atoms with Crippen LogP contribution in [0.15, 0.2) is 18.3 Å². The molecular formula is C14H19N5. The maximum Gasteiger partial charge on any atom is 0.245 e. The fourth-order valence-corrected chi connectivity index (χ4v) is 3.23. The first kappa shape index (κ1) is 11.2. The second kappa shape index (κ2) is 4.20. The highest BCUT2D eigenvalue weighted by atomic mass is 15.4. The summed E-state index contributed by atoms with van der Waals surface area (Å²) in [7, 11) is 0. The Bertz CT molecular complexity index is 605. The number of pyridine rings is 1. The Hall–Kier alpha value is -1.62. The van der Waals surface area contributed by atoms with Gasteiger partial charge in [0, 0.05) is 31.4 Å². The average molecular weight is 257 g/mol. The van der Waals surface area contributed by atoms with Crippen LogP contribution in [0.1, 0.15) is 24.8 Å². The zero-order chi connectivity index (χ0) is 12.8. The van der Waals surface area contributed by atoms with Gasteiger partial charge in [-0.1, -0.05) is 0 Å². The summed E-state index contributed by atoms with van der Waals surface area (Å²) in [4.78, 5) is 7.00. The summed E-state index contributed by atoms with van der Waals surface area (Å²) in [5.41, 5.74) is 2.17. The number of nitrogens with zero attached hydrogens (tertiary/aromatic N) is 4. The van der Waals surface area contributed by atoms with E-state index in [1.54, 1.807) is 0 Å². The molecule has 2 aliphatic heterocycles. The molecule has 5 nitrogen and oxygen atoms in total. The molecule has 5 heteroatoms. The first-order valence-electron chi connectivity index (χ1n) is 7.12. The first-order valence-corrected chi connectivity index (χ1v) is 7.12. The number of aromatic nitrogens is 3. The largest absolute Gasteiger partial charge is 0.338 e. The molecule has 2 aromatic rings. The Morgan fingerprint density at radius 1 is 1.26 bits per heavy atom. The van der Waals surface area contributed by atoms with Crippen molar-refractivity contribution in [3.8, 4) is 0 Å². The van der Waals surface area contributed by atoms with Gasteiger partial charge in [-0.2, -0.15) is 4.98 Å². The van der Waals surface area contributed by atoms with Gasteiger partial charge < -0.3 is 10.2 Å². The van der Waals surface area contributed by atoms with Crippen LogP contribution in [0, 0.1) is 6.92 Å². The highest BCUT2D eigenvalue weighted by Gasteiger charge is 2.30. The number of hydrogen-bond donors (Lipinski definition) is 1. The van der Waals surface area contributed by atoms with E-state index in [0.29, 0.717) is 12.1 Å². The van der Waals surface area contributed by atoms with Gasteiger partial charge in [0.05, 0.1) is 0 Å². The lowest BCUT2D eigenvalue weighted by Crippen LogP contribution is -2.35. The van der Waals surface area contributed by atoms with Crippen LogP contribution in [-0.2, 0) is 0 Å². The van der Waals surface area contributed by atoms with Gasteiger partial charge in [0.25, 0.3) is 0 Å². The monoisotopic (exact) mass is 257 g/mol. The van der Waals surface area contributed by atoms with Crippen LogP contribution in [0.3, 0.4) is 0 Å². The van der Waals surface area contributed by atoms with Crippen molar-refractivity contribution in [1.82, 2.24) is 19.9 Å². The molecule has 4 rings (SSSR count). The van der Waals surface area contributed by atoms with Gasteiger partial charge in [0.15, 0.2) is 5.65 Å². The topological polar surface area (TPSA) is 45.5 Å². The Kier molecular flexibility index (Phi) is 2.48. The zero-order valence-electron chi connectivity index (χ0n) is 11.2. The predicted molar refractivity (Wildman–Crippen MR) is 74.5 cm³/mol. The minimum absolute atomic E-state index is 0.612. The van der Waals surface area contributed by atoms with E-state index in [9.17, 15) is 0 Å². The summed E-state index contributed by atoms with van der Waals surface area (Å²) < 4.78 is 1.87. The number of nitrogens with one attached hydrogen (secondary N) is 1. The fourth-order valence-electron chi connectivity index (χ4n) is 3.23. The Morgan fingerprint density at radius 3 is 3.11 bits per heavy atom. The SMILES string of the molecule is Cc1ccn2nc(N3CCC4CCC(C3)N4)nc2c1. The van der Waals surface area contributed by atoms with Gasteiger partial charge in [-0.15, -0.1) is 5.10 Å². The molecule has 0 amide bonds. The molecule has 2 fully saturated rings. The maximum absolute atomic E-state index is 4.67. The van der Waals surface area contributed by atoms with Crippen LogP contribution in [0.4, 0.5) is 5.95 Å². The van der Waals surface area contributed by atoms with E-state index in [1.807, 2.05) is 10.7 Å². The highest BCUT2D eigenvalue weighted by Crippen LogP contribution is 2.23. The fraction of sp³-hybridized carbons (Fsp3) is 0.571. The van der Waals surface area contributed by atoms with Gasteiger partial charge in [0.2, 0.25) is 5.95 Å². The van der Waals surface area contributed by atoms with Crippen LogP contribution in [-0.4, -0.2) is 39.8 Å². The first-order chi connectivity index (χ1) is 9.28. The van der Waals surface area contributed by atoms with Crippen LogP contribution < -0.4 is 10.2 Å². The van der Waals surface area contributed by atoms with Crippen molar-refractivity contribution >= 4 is 11.6 Å². The molecule has 0 radical (unpaired) electrons. The Labute approximate surface area is 112 Å². The summed E-state index contributed by atoms with van der Waals surface area (Å²) >= 11 is 0. The molecule has 0 aliphatic carbocycles. The number of fused-ring (bicyclic) bond motifs is 3. The van der Waals surface area contributed by atoms with Crippen molar-refractivity contribution in [2.24, 2.45) is 0 Å². The van der Waals surface area contributed by atoms with E-state index in [-0.39, 0.29) is 0 Å². The molecular weight excluding hydrogens is 238 g/mol. The molecule has 2 unspecified atom stereocenters. The molecule has 0 saturated carbocycles. The molecule has 0 spiro atoms. The minimum Gasteiger partial charge on any atom is -0.338 e. The lowest BCUT2D eigenvalue weighted by Gasteiger charge is -2.22. The summed E-state index contributed by atoms with van der Waals surface area (Å²) in [5, 5.41) is 8.30. The molecule has 100 valence electrons. The molecule has 1 N–H and O–H groups in total. The number of rotatable bonds is 1. The van der Waals surface area contributed by atoms with Crippen LogP contribution in [0.5, 0.6) is 0 Å². The number of anilines is 1. The predicted octanol–water partition coefficient (Wildman–Crippen LogP) is 1.37. The minimum atomic E-state index is 0.612. The second-order valence-corrected chi connectivity index (χ2v) is 5.79. The van der Waals surface area contributed by atoms with Crippen molar-refractivity contribution in [2.75, 3.05) is 18.0 Å². The molecule has 0 aromatic carbocycles. The molecule has 2 saturated heterocycles. The summed E-state index contributed by atoms with van der Waals surface area (Å²) in [6, 6.07) is 5.46. The molecule has 2 atom stereocenters. The van der Waals surface area contributed by atoms with E-state index in [0.717, 1.165) is 24.7 Å². The molecule has 2 aliphatic rings. The van der Waals surface area contributed by atoms with Gasteiger partial charge in [-0.05, 0) is 43.9 Å². The van der Waals surface area contributed by atoms with Crippen LogP contribution in [0.25, 0.3) is 5.65 Å². The third-order valence-electron chi connectivity index (χ3n) is 4.29. The quantitative estimate of drug-likeness (QED) is 0.838. The molecule has 19 heavy (non-hydrogen) atoms. The molecule has 2 bridgehead atoms. The average Bonchev–Trinajstić information content (AvgIpc) is 2.92. The van der Waals surface area contributed by atoms with E-state index in [4.69, 9.17) is 0 Å². The number of aryl methyl sites for hydroxylation is 1. The molecule has 2 aromatic heterocycles. The Morgan fingerprint density at radius 2 is 2.16 bits per heavy atom. The van der Waals surface area contributed by atoms with Crippen molar-refractivity contribution in [3.63, 3.8) is 0 Å². The van der Waals surface area contributed by atoms with E-state index < -0.39 is 0 Å². The van der Waals surface area contributed by atoms with Gasteiger partial charge in [-0.25, -0.2) is 4.52 Å². The second-order valence-electron chi connectivity index (χ2n) is 5.79. The third kappa shape index (κ3) is 1.98. The molecule has 4 heterocycles. The lowest BCUT2D eigenvalue weighted by atomic mass is 10.1. The Balaban J connectivity index is 1.66. The van der Waals surface area contributed by atoms with Gasteiger partial charge in [-0.3, -0.25) is 0 Å². The van der Waals surface area contributed by atoms with Crippen molar-refractivity contribution in [2.45, 2.75) is 38.3 Å². The maximum atomic E-state index is 4.67. The summed E-state index contributed by atoms with van der Waals surface area (Å²) in [6.07, 6.45) is 5.80. The van der Waals surface area contributed by atoms with Crippen LogP contribution >= 0.6 is 0 Å². The highest BCUT2D eigenvalue weighted by molar-refractivity contribution is 5.46. The van der Waals surface area contributed by atoms with Crippen LogP contribution in [0.2, 0.25) is 0 Å². The van der Waals surface area contributed by atoms with E-state index in [1.165, 1.54) is 24.8 Å². The van der Waals surface area contributed by atoms with Crippen molar-refractivity contribution < 1.29 is 0 Å². The zero-order valence-corrected chi connectivity index (χ0v) is 11.2. The van der Waals surface area contributed by atoms with Crippen molar-refractivity contribution in [1.29, 1.82) is 0 Å². The lowest BCUT2D eigenvalue weighted by molar-refractivity contribution is 0.563. The van der Waals surface area contributed by atoms with Crippen molar-refractivity contribution in [3.05, 3.63) is 23.9 Å². The third-order valence-corrected chi connectivity index (χ3v) is 4.29. The smallest absolute Gasteiger partial charge is 0.245 e. The summed E-state index contributed by atoms with van der Waals surface area (Å²) in [5.74, 6) is 0.875. The normalized spacial score (nSPS) is 26.9. The van der Waals surface area contributed by atoms with Gasteiger partial charge in [0.1, 0.15) is 0 Å². The van der Waals surface area contributed by atoms with Gasteiger partial charge >= 0.3 is 0 Å².